The second-order valence-corrected chi connectivity index (χ2v) is 9.26. The monoisotopic (exact) mass is 422 g/mol. The minimum absolute atomic E-state index is 0.246. The summed E-state index contributed by atoms with van der Waals surface area (Å²) >= 11 is 6.16. The Labute approximate surface area is 172 Å². The highest BCUT2D eigenvalue weighted by Gasteiger charge is 2.30. The third kappa shape index (κ3) is 5.26. The highest BCUT2D eigenvalue weighted by molar-refractivity contribution is 7.92. The van der Waals surface area contributed by atoms with Gasteiger partial charge < -0.3 is 5.32 Å². The van der Waals surface area contributed by atoms with Crippen molar-refractivity contribution in [1.29, 1.82) is 0 Å². The molecule has 0 aliphatic carbocycles. The van der Waals surface area contributed by atoms with Gasteiger partial charge in [0.2, 0.25) is 15.9 Å². The number of amides is 1. The van der Waals surface area contributed by atoms with Crippen molar-refractivity contribution >= 4 is 33.2 Å². The smallest absolute Gasteiger partial charge is 0.244 e. The van der Waals surface area contributed by atoms with E-state index >= 15 is 0 Å². The fourth-order valence-corrected chi connectivity index (χ4v) is 4.33. The SMILES string of the molecule is CCc1ccc(C(C)NC(=O)C(C)N(c2ccc(C)c(Cl)c2)S(C)(=O)=O)cc1. The van der Waals surface area contributed by atoms with E-state index in [1.165, 1.54) is 5.56 Å². The zero-order chi connectivity index (χ0) is 21.1. The Morgan fingerprint density at radius 1 is 1.14 bits per heavy atom. The Morgan fingerprint density at radius 2 is 1.75 bits per heavy atom. The van der Waals surface area contributed by atoms with Crippen molar-refractivity contribution in [2.45, 2.75) is 46.2 Å². The van der Waals surface area contributed by atoms with E-state index in [-0.39, 0.29) is 11.9 Å². The third-order valence-electron chi connectivity index (χ3n) is 4.75. The Balaban J connectivity index is 2.24. The van der Waals surface area contributed by atoms with Crippen LogP contribution < -0.4 is 9.62 Å². The lowest BCUT2D eigenvalue weighted by molar-refractivity contribution is -0.122. The molecule has 0 aliphatic heterocycles. The van der Waals surface area contributed by atoms with Gasteiger partial charge in [-0.25, -0.2) is 8.42 Å². The first-order valence-corrected chi connectivity index (χ1v) is 11.4. The van der Waals surface area contributed by atoms with Gasteiger partial charge in [-0.2, -0.15) is 0 Å². The van der Waals surface area contributed by atoms with Crippen molar-refractivity contribution in [3.8, 4) is 0 Å². The summed E-state index contributed by atoms with van der Waals surface area (Å²) in [6, 6.07) is 11.8. The topological polar surface area (TPSA) is 66.5 Å². The highest BCUT2D eigenvalue weighted by Crippen LogP contribution is 2.27. The van der Waals surface area contributed by atoms with Crippen LogP contribution in [0.1, 0.15) is 43.5 Å². The maximum Gasteiger partial charge on any atom is 0.244 e. The van der Waals surface area contributed by atoms with Crippen molar-refractivity contribution in [1.82, 2.24) is 5.32 Å². The molecule has 0 saturated carbocycles. The van der Waals surface area contributed by atoms with E-state index in [0.717, 1.165) is 28.1 Å². The molecular weight excluding hydrogens is 396 g/mol. The number of nitrogens with zero attached hydrogens (tertiary/aromatic N) is 1. The lowest BCUT2D eigenvalue weighted by Gasteiger charge is -2.29. The van der Waals surface area contributed by atoms with Crippen molar-refractivity contribution in [2.75, 3.05) is 10.6 Å². The number of halogens is 1. The molecule has 152 valence electrons. The van der Waals surface area contributed by atoms with Gasteiger partial charge in [0, 0.05) is 5.02 Å². The van der Waals surface area contributed by atoms with Crippen LogP contribution in [0.4, 0.5) is 5.69 Å². The lowest BCUT2D eigenvalue weighted by Crippen LogP contribution is -2.48. The molecule has 0 spiro atoms. The number of nitrogens with one attached hydrogen (secondary N) is 1. The average Bonchev–Trinajstić information content (AvgIpc) is 2.63. The summed E-state index contributed by atoms with van der Waals surface area (Å²) < 4.78 is 25.9. The predicted octanol–water partition coefficient (Wildman–Crippen LogP) is 4.24. The second kappa shape index (κ2) is 8.97. The number of rotatable bonds is 7. The van der Waals surface area contributed by atoms with Crippen LogP contribution in [-0.2, 0) is 21.2 Å². The molecule has 1 amide bonds. The molecule has 0 aliphatic rings. The summed E-state index contributed by atoms with van der Waals surface area (Å²) in [7, 11) is -3.69. The standard InChI is InChI=1S/C21H27ClN2O3S/c1-6-17-8-10-18(11-9-17)15(3)23-21(25)16(4)24(28(5,26)27)19-12-7-14(2)20(22)13-19/h7-13,15-16H,6H2,1-5H3,(H,23,25). The Kier molecular flexibility index (Phi) is 7.12. The first kappa shape index (κ1) is 22.2. The van der Waals surface area contributed by atoms with E-state index < -0.39 is 16.1 Å². The van der Waals surface area contributed by atoms with Gasteiger partial charge in [0.1, 0.15) is 6.04 Å². The third-order valence-corrected chi connectivity index (χ3v) is 6.39. The van der Waals surface area contributed by atoms with Gasteiger partial charge in [-0.05, 0) is 56.0 Å². The van der Waals surface area contributed by atoms with E-state index in [1.807, 2.05) is 38.1 Å². The minimum atomic E-state index is -3.69. The minimum Gasteiger partial charge on any atom is -0.348 e. The van der Waals surface area contributed by atoms with Crippen molar-refractivity contribution in [3.63, 3.8) is 0 Å². The molecule has 28 heavy (non-hydrogen) atoms. The molecule has 0 saturated heterocycles. The molecule has 1 N–H and O–H groups in total. The molecule has 0 fully saturated rings. The number of benzene rings is 2. The van der Waals surface area contributed by atoms with E-state index in [9.17, 15) is 13.2 Å². The van der Waals surface area contributed by atoms with E-state index in [0.29, 0.717) is 10.7 Å². The molecule has 2 aromatic rings. The summed E-state index contributed by atoms with van der Waals surface area (Å²) in [5.74, 6) is -0.380. The number of hydrogen-bond acceptors (Lipinski definition) is 3. The molecule has 0 radical (unpaired) electrons. The molecule has 0 bridgehead atoms. The Morgan fingerprint density at radius 3 is 2.25 bits per heavy atom. The van der Waals surface area contributed by atoms with Gasteiger partial charge in [-0.1, -0.05) is 48.9 Å². The van der Waals surface area contributed by atoms with Crippen LogP contribution in [0.2, 0.25) is 5.02 Å². The Bertz CT molecular complexity index is 943. The van der Waals surface area contributed by atoms with Crippen LogP contribution in [0.5, 0.6) is 0 Å². The molecule has 7 heteroatoms. The maximum absolute atomic E-state index is 12.8. The van der Waals surface area contributed by atoms with Crippen molar-refractivity contribution in [2.24, 2.45) is 0 Å². The van der Waals surface area contributed by atoms with Gasteiger partial charge in [-0.3, -0.25) is 9.10 Å². The Hall–Kier alpha value is -2.05. The molecule has 2 aromatic carbocycles. The summed E-state index contributed by atoms with van der Waals surface area (Å²) in [6.45, 7) is 7.35. The largest absolute Gasteiger partial charge is 0.348 e. The van der Waals surface area contributed by atoms with E-state index in [2.05, 4.69) is 12.2 Å². The molecule has 2 unspecified atom stereocenters. The number of sulfonamides is 1. The molecule has 2 rings (SSSR count). The van der Waals surface area contributed by atoms with Crippen LogP contribution in [0.25, 0.3) is 0 Å². The van der Waals surface area contributed by atoms with E-state index in [4.69, 9.17) is 11.6 Å². The zero-order valence-corrected chi connectivity index (χ0v) is 18.4. The van der Waals surface area contributed by atoms with Crippen LogP contribution in [-0.4, -0.2) is 26.6 Å². The zero-order valence-electron chi connectivity index (χ0n) is 16.9. The van der Waals surface area contributed by atoms with Gasteiger partial charge in [0.05, 0.1) is 18.0 Å². The van der Waals surface area contributed by atoms with Crippen molar-refractivity contribution < 1.29 is 13.2 Å². The number of hydrogen-bond donors (Lipinski definition) is 1. The lowest BCUT2D eigenvalue weighted by atomic mass is 10.0. The number of anilines is 1. The van der Waals surface area contributed by atoms with Crippen LogP contribution in [0, 0.1) is 6.92 Å². The molecule has 0 aromatic heterocycles. The van der Waals surface area contributed by atoms with Gasteiger partial charge in [-0.15, -0.1) is 0 Å². The van der Waals surface area contributed by atoms with Crippen LogP contribution >= 0.6 is 11.6 Å². The first-order chi connectivity index (χ1) is 13.0. The second-order valence-electron chi connectivity index (χ2n) is 6.99. The van der Waals surface area contributed by atoms with Crippen LogP contribution in [0.15, 0.2) is 42.5 Å². The summed E-state index contributed by atoms with van der Waals surface area (Å²) in [4.78, 5) is 12.8. The number of aryl methyl sites for hydroxylation is 2. The quantitative estimate of drug-likeness (QED) is 0.725. The van der Waals surface area contributed by atoms with Gasteiger partial charge in [0.15, 0.2) is 0 Å². The van der Waals surface area contributed by atoms with Crippen LogP contribution in [0.3, 0.4) is 0 Å². The normalized spacial score (nSPS) is 13.6. The molecular formula is C21H27ClN2O3S. The van der Waals surface area contributed by atoms with Gasteiger partial charge >= 0.3 is 0 Å². The fourth-order valence-electron chi connectivity index (χ4n) is 2.99. The van der Waals surface area contributed by atoms with Gasteiger partial charge in [0.25, 0.3) is 0 Å². The first-order valence-electron chi connectivity index (χ1n) is 9.19. The summed E-state index contributed by atoms with van der Waals surface area (Å²) in [5.41, 5.74) is 3.37. The van der Waals surface area contributed by atoms with Crippen molar-refractivity contribution in [3.05, 3.63) is 64.2 Å². The predicted molar refractivity (Wildman–Crippen MR) is 115 cm³/mol. The number of carbonyl (C=O) groups excluding carboxylic acids is 1. The summed E-state index contributed by atoms with van der Waals surface area (Å²) in [5, 5.41) is 3.35. The molecule has 2 atom stereocenters. The molecule has 0 heterocycles. The summed E-state index contributed by atoms with van der Waals surface area (Å²) in [6.07, 6.45) is 2.03. The number of carbonyl (C=O) groups is 1. The maximum atomic E-state index is 12.8. The van der Waals surface area contributed by atoms with E-state index in [1.54, 1.807) is 25.1 Å². The highest BCUT2D eigenvalue weighted by atomic mass is 35.5. The molecule has 5 nitrogen and oxygen atoms in total. The fraction of sp³-hybridized carbons (Fsp3) is 0.381. The average molecular weight is 423 g/mol.